The molecule has 1 aromatic rings. The van der Waals surface area contributed by atoms with Gasteiger partial charge in [-0.1, -0.05) is 6.07 Å². The highest BCUT2D eigenvalue weighted by Crippen LogP contribution is 2.16. The van der Waals surface area contributed by atoms with Gasteiger partial charge in [-0.05, 0) is 62.9 Å². The van der Waals surface area contributed by atoms with Crippen LogP contribution in [0, 0.1) is 13.8 Å². The Bertz CT molecular complexity index is 362. The van der Waals surface area contributed by atoms with E-state index < -0.39 is 6.10 Å². The predicted octanol–water partition coefficient (Wildman–Crippen LogP) is 1.80. The van der Waals surface area contributed by atoms with E-state index in [9.17, 15) is 5.11 Å². The van der Waals surface area contributed by atoms with Crippen LogP contribution in [-0.4, -0.2) is 42.6 Å². The topological polar surface area (TPSA) is 61.7 Å². The lowest BCUT2D eigenvalue weighted by Crippen LogP contribution is -2.32. The van der Waals surface area contributed by atoms with E-state index in [1.807, 2.05) is 26.0 Å². The van der Waals surface area contributed by atoms with Gasteiger partial charge < -0.3 is 20.3 Å². The lowest BCUT2D eigenvalue weighted by molar-refractivity contribution is 0.106. The maximum atomic E-state index is 9.82. The highest BCUT2D eigenvalue weighted by molar-refractivity contribution is 5.32. The Kier molecular flexibility index (Phi) is 8.26. The van der Waals surface area contributed by atoms with Crippen LogP contribution in [0.3, 0.4) is 0 Å². The fraction of sp³-hybridized carbons (Fsp3) is 0.625. The van der Waals surface area contributed by atoms with Crippen LogP contribution in [-0.2, 0) is 0 Å². The molecule has 0 fully saturated rings. The van der Waals surface area contributed by atoms with Crippen LogP contribution in [0.25, 0.3) is 0 Å². The standard InChI is InChI=1S/C16H27NO3/c1-13-8-14(2)10-16(9-13)20-12-15(19)11-17-6-4-3-5-7-18/h8-10,15,17-19H,3-7,11-12H2,1-2H3. The molecule has 0 radical (unpaired) electrons. The van der Waals surface area contributed by atoms with Crippen LogP contribution in [0.5, 0.6) is 5.75 Å². The lowest BCUT2D eigenvalue weighted by atomic mass is 10.1. The minimum Gasteiger partial charge on any atom is -0.491 e. The zero-order valence-corrected chi connectivity index (χ0v) is 12.6. The monoisotopic (exact) mass is 281 g/mol. The Balaban J connectivity index is 2.14. The summed E-state index contributed by atoms with van der Waals surface area (Å²) in [7, 11) is 0. The van der Waals surface area contributed by atoms with Crippen molar-refractivity contribution in [2.45, 2.75) is 39.2 Å². The van der Waals surface area contributed by atoms with Crippen LogP contribution in [0.1, 0.15) is 30.4 Å². The second-order valence-corrected chi connectivity index (χ2v) is 5.28. The smallest absolute Gasteiger partial charge is 0.119 e. The molecular formula is C16H27NO3. The summed E-state index contributed by atoms with van der Waals surface area (Å²) in [5, 5.41) is 21.7. The number of aryl methyl sites for hydroxylation is 2. The molecule has 0 bridgehead atoms. The predicted molar refractivity (Wildman–Crippen MR) is 81.2 cm³/mol. The quantitative estimate of drug-likeness (QED) is 0.572. The molecule has 1 atom stereocenters. The third kappa shape index (κ3) is 7.48. The molecular weight excluding hydrogens is 254 g/mol. The van der Waals surface area contributed by atoms with Gasteiger partial charge in [-0.25, -0.2) is 0 Å². The second-order valence-electron chi connectivity index (χ2n) is 5.28. The summed E-state index contributed by atoms with van der Waals surface area (Å²) in [6.45, 7) is 6.01. The van der Waals surface area contributed by atoms with Gasteiger partial charge >= 0.3 is 0 Å². The molecule has 0 aliphatic carbocycles. The van der Waals surface area contributed by atoms with Crippen molar-refractivity contribution in [1.29, 1.82) is 0 Å². The van der Waals surface area contributed by atoms with Gasteiger partial charge in [0.1, 0.15) is 18.5 Å². The maximum absolute atomic E-state index is 9.82. The summed E-state index contributed by atoms with van der Waals surface area (Å²) < 4.78 is 5.60. The summed E-state index contributed by atoms with van der Waals surface area (Å²) in [6, 6.07) is 6.04. The van der Waals surface area contributed by atoms with Crippen molar-refractivity contribution in [1.82, 2.24) is 5.32 Å². The van der Waals surface area contributed by atoms with Crippen molar-refractivity contribution in [3.63, 3.8) is 0 Å². The molecule has 0 heterocycles. The molecule has 114 valence electrons. The third-order valence-corrected chi connectivity index (χ3v) is 3.03. The van der Waals surface area contributed by atoms with Crippen LogP contribution in [0.15, 0.2) is 18.2 Å². The first-order chi connectivity index (χ1) is 9.61. The van der Waals surface area contributed by atoms with Gasteiger partial charge in [-0.15, -0.1) is 0 Å². The molecule has 0 aliphatic heterocycles. The summed E-state index contributed by atoms with van der Waals surface area (Å²) in [6.07, 6.45) is 2.37. The molecule has 1 rings (SSSR count). The molecule has 0 amide bonds. The molecule has 3 N–H and O–H groups in total. The van der Waals surface area contributed by atoms with Gasteiger partial charge in [0.15, 0.2) is 0 Å². The highest BCUT2D eigenvalue weighted by Gasteiger charge is 2.05. The molecule has 4 heteroatoms. The van der Waals surface area contributed by atoms with Gasteiger partial charge in [-0.2, -0.15) is 0 Å². The Morgan fingerprint density at radius 3 is 2.45 bits per heavy atom. The van der Waals surface area contributed by atoms with Gasteiger partial charge in [0.2, 0.25) is 0 Å². The third-order valence-electron chi connectivity index (χ3n) is 3.03. The van der Waals surface area contributed by atoms with E-state index in [1.165, 1.54) is 0 Å². The van der Waals surface area contributed by atoms with E-state index in [0.29, 0.717) is 13.2 Å². The molecule has 1 unspecified atom stereocenters. The first-order valence-corrected chi connectivity index (χ1v) is 7.32. The number of ether oxygens (including phenoxy) is 1. The number of hydrogen-bond acceptors (Lipinski definition) is 4. The largest absolute Gasteiger partial charge is 0.491 e. The van der Waals surface area contributed by atoms with Gasteiger partial charge in [0.25, 0.3) is 0 Å². The minimum absolute atomic E-state index is 0.256. The maximum Gasteiger partial charge on any atom is 0.119 e. The number of unbranched alkanes of at least 4 members (excludes halogenated alkanes) is 2. The first kappa shape index (κ1) is 17.0. The van der Waals surface area contributed by atoms with Crippen molar-refractivity contribution in [3.8, 4) is 5.75 Å². The fourth-order valence-electron chi connectivity index (χ4n) is 2.07. The van der Waals surface area contributed by atoms with Crippen molar-refractivity contribution in [2.75, 3.05) is 26.3 Å². The molecule has 0 aliphatic rings. The first-order valence-electron chi connectivity index (χ1n) is 7.32. The van der Waals surface area contributed by atoms with E-state index in [1.54, 1.807) is 0 Å². The van der Waals surface area contributed by atoms with E-state index in [4.69, 9.17) is 9.84 Å². The molecule has 0 aromatic heterocycles. The highest BCUT2D eigenvalue weighted by atomic mass is 16.5. The van der Waals surface area contributed by atoms with Crippen LogP contribution < -0.4 is 10.1 Å². The van der Waals surface area contributed by atoms with Crippen molar-refractivity contribution < 1.29 is 14.9 Å². The lowest BCUT2D eigenvalue weighted by Gasteiger charge is -2.14. The molecule has 0 saturated heterocycles. The zero-order valence-electron chi connectivity index (χ0n) is 12.6. The van der Waals surface area contributed by atoms with Gasteiger partial charge in [-0.3, -0.25) is 0 Å². The normalized spacial score (nSPS) is 12.4. The van der Waals surface area contributed by atoms with E-state index >= 15 is 0 Å². The van der Waals surface area contributed by atoms with Crippen LogP contribution in [0.4, 0.5) is 0 Å². The number of hydrogen-bond donors (Lipinski definition) is 3. The zero-order chi connectivity index (χ0) is 14.8. The summed E-state index contributed by atoms with van der Waals surface area (Å²) in [5.41, 5.74) is 2.33. The van der Waals surface area contributed by atoms with E-state index in [2.05, 4.69) is 11.4 Å². The van der Waals surface area contributed by atoms with Crippen molar-refractivity contribution >= 4 is 0 Å². The molecule has 1 aromatic carbocycles. The number of rotatable bonds is 10. The summed E-state index contributed by atoms with van der Waals surface area (Å²) in [4.78, 5) is 0. The number of benzene rings is 1. The average molecular weight is 281 g/mol. The SMILES string of the molecule is Cc1cc(C)cc(OCC(O)CNCCCCCO)c1. The number of aliphatic hydroxyl groups excluding tert-OH is 2. The van der Waals surface area contributed by atoms with E-state index in [0.717, 1.165) is 42.7 Å². The molecule has 0 saturated carbocycles. The summed E-state index contributed by atoms with van der Waals surface area (Å²) >= 11 is 0. The van der Waals surface area contributed by atoms with Crippen LogP contribution in [0.2, 0.25) is 0 Å². The Morgan fingerprint density at radius 2 is 1.80 bits per heavy atom. The minimum atomic E-state index is -0.506. The second kappa shape index (κ2) is 9.75. The average Bonchev–Trinajstić information content (AvgIpc) is 2.39. The van der Waals surface area contributed by atoms with Crippen molar-refractivity contribution in [2.24, 2.45) is 0 Å². The number of nitrogens with one attached hydrogen (secondary N) is 1. The number of aliphatic hydroxyl groups is 2. The van der Waals surface area contributed by atoms with Crippen molar-refractivity contribution in [3.05, 3.63) is 29.3 Å². The molecule has 4 nitrogen and oxygen atoms in total. The van der Waals surface area contributed by atoms with Gasteiger partial charge in [0.05, 0.1) is 0 Å². The Morgan fingerprint density at radius 1 is 1.10 bits per heavy atom. The summed E-state index contributed by atoms with van der Waals surface area (Å²) in [5.74, 6) is 0.810. The van der Waals surface area contributed by atoms with Crippen LogP contribution >= 0.6 is 0 Å². The molecule has 0 spiro atoms. The fourth-order valence-corrected chi connectivity index (χ4v) is 2.07. The molecule has 20 heavy (non-hydrogen) atoms. The Labute approximate surface area is 121 Å². The van der Waals surface area contributed by atoms with E-state index in [-0.39, 0.29) is 6.61 Å². The van der Waals surface area contributed by atoms with Gasteiger partial charge in [0, 0.05) is 13.2 Å². The Hall–Kier alpha value is -1.10.